The summed E-state index contributed by atoms with van der Waals surface area (Å²) in [5, 5.41) is 1.45. The Labute approximate surface area is 271 Å². The van der Waals surface area contributed by atoms with Crippen molar-refractivity contribution in [3.05, 3.63) is 0 Å². The zero-order chi connectivity index (χ0) is 32.3. The monoisotopic (exact) mass is 692 g/mol. The molecule has 4 saturated carbocycles. The normalized spacial score (nSPS) is 72.6. The summed E-state index contributed by atoms with van der Waals surface area (Å²) in [6.07, 6.45) is 11.7. The quantitative estimate of drug-likeness (QED) is 0.199. The fraction of sp³-hybridized carbons (Fsp3) is 1.00. The fourth-order valence-corrected chi connectivity index (χ4v) is 131. The molecule has 1 spiro atoms. The van der Waals surface area contributed by atoms with Crippen LogP contribution in [0.4, 0.5) is 0 Å². The van der Waals surface area contributed by atoms with Gasteiger partial charge in [-0.2, -0.15) is 0 Å². The molecule has 6 unspecified atom stereocenters. The van der Waals surface area contributed by atoms with Crippen molar-refractivity contribution < 1.29 is 6.51 Å². The van der Waals surface area contributed by atoms with Crippen LogP contribution in [0.15, 0.2) is 0 Å². The SMILES string of the molecule is CC(C)(C)P(C[C]12[C]3(CP(C(C)(C)C)C(C)(C)C)[CH]4[C]5(C(C)(C)C)[C]1(C(C)(C)C)[Fe]43251678[CH]2[CH]1[CH]6[CH]7[CH]28)C1C2CC3CC(C2)CC1C3. The Kier molecular flexibility index (Phi) is 2.60. The van der Waals surface area contributed by atoms with Gasteiger partial charge in [-0.25, -0.2) is 0 Å². The van der Waals surface area contributed by atoms with Crippen LogP contribution < -0.4 is 0 Å². The summed E-state index contributed by atoms with van der Waals surface area (Å²) in [6, 6.07) is 0. The van der Waals surface area contributed by atoms with Crippen LogP contribution in [0.5, 0.6) is 0 Å². The van der Waals surface area contributed by atoms with Gasteiger partial charge < -0.3 is 0 Å². The average molecular weight is 693 g/mol. The zero-order valence-electron chi connectivity index (χ0n) is 32.0. The Morgan fingerprint density at radius 2 is 1.00 bits per heavy atom. The average Bonchev–Trinajstić information content (AvgIpc) is 3.77. The second-order valence-electron chi connectivity index (χ2n) is 27.3. The Bertz CT molecular complexity index is 1870. The third-order valence-corrected chi connectivity index (χ3v) is 80.3. The van der Waals surface area contributed by atoms with Crippen LogP contribution in [0.1, 0.15) is 136 Å². The molecule has 45 heavy (non-hydrogen) atoms. The number of rotatable bonds is 5. The predicted molar refractivity (Wildman–Crippen MR) is 196 cm³/mol. The van der Waals surface area contributed by atoms with Gasteiger partial charge in [-0.05, 0) is 0 Å². The van der Waals surface area contributed by atoms with Crippen molar-refractivity contribution in [1.82, 2.24) is 0 Å². The standard InChI is InChI=1S/C37H65P2.C5H5.Fe/c1-33(2,3)30-21-28(22-39(36(10,11)12)37(13,14)15)29(31(30)34(4,5)6)23-38(35(7,8)9)32-26-17-24-16-25(19-26)20-27(32)18-24;1-2-4-5-3-1;/h21,24-27,32H,16-20,22-23H2,1-15H3;1-5H;. The van der Waals surface area contributed by atoms with Gasteiger partial charge in [0, 0.05) is 0 Å². The van der Waals surface area contributed by atoms with Gasteiger partial charge in [-0.15, -0.1) is 0 Å². The van der Waals surface area contributed by atoms with E-state index in [9.17, 15) is 0 Å². The van der Waals surface area contributed by atoms with Crippen molar-refractivity contribution in [1.29, 1.82) is 0 Å². The van der Waals surface area contributed by atoms with E-state index in [4.69, 9.17) is 0 Å². The molecule has 14 fully saturated rings. The second kappa shape index (κ2) is 4.17. The van der Waals surface area contributed by atoms with E-state index in [0.717, 1.165) is 46.6 Å². The van der Waals surface area contributed by atoms with Crippen LogP contribution in [0, 0.1) is 34.5 Å². The van der Waals surface area contributed by atoms with Gasteiger partial charge in [-0.1, -0.05) is 0 Å². The van der Waals surface area contributed by atoms with Gasteiger partial charge in [0.2, 0.25) is 0 Å². The molecule has 14 aliphatic rings. The molecular weight excluding hydrogens is 622 g/mol. The first-order valence-corrected chi connectivity index (χ1v) is 29.1. The van der Waals surface area contributed by atoms with Crippen LogP contribution in [-0.4, -0.2) is 33.5 Å². The van der Waals surface area contributed by atoms with Gasteiger partial charge in [0.15, 0.2) is 0 Å². The van der Waals surface area contributed by atoms with E-state index in [0.29, 0.717) is 26.3 Å². The third kappa shape index (κ3) is 0.764. The van der Waals surface area contributed by atoms with Crippen molar-refractivity contribution in [3.63, 3.8) is 0 Å². The first-order chi connectivity index (χ1) is 20.2. The Balaban J connectivity index is 1.09. The molecule has 14 rings (SSSR count). The topological polar surface area (TPSA) is 0 Å². The van der Waals surface area contributed by atoms with Crippen molar-refractivity contribution >= 4 is 15.8 Å². The Hall–Kier alpha value is 1.38. The molecule has 10 saturated heterocycles. The molecule has 10 heterocycles. The molecule has 4 bridgehead atoms. The maximum absolute atomic E-state index is 4.19. The zero-order valence-corrected chi connectivity index (χ0v) is 34.9. The summed E-state index contributed by atoms with van der Waals surface area (Å²) in [6.45, 7) is 37.5. The van der Waals surface area contributed by atoms with Crippen LogP contribution in [0.2, 0.25) is 46.2 Å². The number of hydrogen-bond donors (Lipinski definition) is 0. The summed E-state index contributed by atoms with van der Waals surface area (Å²) in [5.41, 5.74) is 2.17. The molecule has 0 amide bonds. The van der Waals surface area contributed by atoms with Gasteiger partial charge in [-0.3, -0.25) is 0 Å². The van der Waals surface area contributed by atoms with Gasteiger partial charge in [0.05, 0.1) is 0 Å². The van der Waals surface area contributed by atoms with Crippen LogP contribution in [0.25, 0.3) is 0 Å². The molecule has 0 radical (unpaired) electrons. The molecule has 0 N–H and O–H groups in total. The molecule has 0 aromatic rings. The maximum atomic E-state index is 2.88. The van der Waals surface area contributed by atoms with Crippen LogP contribution in [0.3, 0.4) is 0 Å². The van der Waals surface area contributed by atoms with Gasteiger partial charge in [0.25, 0.3) is 0 Å². The summed E-state index contributed by atoms with van der Waals surface area (Å²) >= 11 is 0. The van der Waals surface area contributed by atoms with Gasteiger partial charge >= 0.3 is 272 Å². The summed E-state index contributed by atoms with van der Waals surface area (Å²) in [5.74, 6) is 4.45. The Morgan fingerprint density at radius 3 is 1.33 bits per heavy atom. The minimum absolute atomic E-state index is 0.0323. The van der Waals surface area contributed by atoms with E-state index in [1.165, 1.54) is 28.9 Å². The van der Waals surface area contributed by atoms with E-state index in [1.54, 1.807) is 38.3 Å². The van der Waals surface area contributed by atoms with Crippen molar-refractivity contribution in [2.75, 3.05) is 12.3 Å². The predicted octanol–water partition coefficient (Wildman–Crippen LogP) is 14.1. The molecule has 3 heteroatoms. The van der Waals surface area contributed by atoms with E-state index < -0.39 is 6.51 Å². The van der Waals surface area contributed by atoms with Crippen molar-refractivity contribution in [2.45, 2.75) is 203 Å². The minimum atomic E-state index is -4.19. The summed E-state index contributed by atoms with van der Waals surface area (Å²) < 4.78 is 3.46. The molecule has 4 aliphatic carbocycles. The van der Waals surface area contributed by atoms with E-state index in [-0.39, 0.29) is 15.8 Å². The number of hydrogen-bond acceptors (Lipinski definition) is 0. The third-order valence-electron chi connectivity index (χ3n) is 25.7. The second-order valence-corrected chi connectivity index (χ2v) is 57.2. The molecule has 6 atom stereocenters. The van der Waals surface area contributed by atoms with Crippen molar-refractivity contribution in [3.8, 4) is 0 Å². The fourth-order valence-electron chi connectivity index (χ4n) is 30.8. The van der Waals surface area contributed by atoms with Crippen LogP contribution >= 0.6 is 15.8 Å². The summed E-state index contributed by atoms with van der Waals surface area (Å²) in [7, 11) is 0.00201. The molecule has 0 nitrogen and oxygen atoms in total. The Morgan fingerprint density at radius 1 is 0.556 bits per heavy atom. The molecular formula is C42H70FeP2. The van der Waals surface area contributed by atoms with Crippen molar-refractivity contribution in [2.24, 2.45) is 34.5 Å². The molecule has 256 valence electrons. The van der Waals surface area contributed by atoms with E-state index in [1.807, 2.05) is 6.16 Å². The molecule has 10 aliphatic heterocycles. The van der Waals surface area contributed by atoms with E-state index >= 15 is 0 Å². The first kappa shape index (κ1) is 28.0. The van der Waals surface area contributed by atoms with E-state index in [2.05, 4.69) is 104 Å². The first-order valence-electron chi connectivity index (χ1n) is 19.9. The number of fused-ring (bicyclic) bond motifs is 10. The summed E-state index contributed by atoms with van der Waals surface area (Å²) in [4.78, 5) is 8.06. The van der Waals surface area contributed by atoms with Crippen LogP contribution in [-0.2, 0) is 6.51 Å². The molecule has 0 aromatic heterocycles. The molecule has 0 aromatic carbocycles. The van der Waals surface area contributed by atoms with Gasteiger partial charge in [0.1, 0.15) is 0 Å².